The molecule has 0 aliphatic carbocycles. The van der Waals surface area contributed by atoms with Gasteiger partial charge in [-0.2, -0.15) is 0 Å². The van der Waals surface area contributed by atoms with Crippen molar-refractivity contribution in [2.75, 3.05) is 0 Å². The van der Waals surface area contributed by atoms with Gasteiger partial charge in [-0.15, -0.1) is 4.99 Å². The lowest BCUT2D eigenvalue weighted by Gasteiger charge is -2.04. The number of carbonyl (C=O) groups excluding carboxylic acids is 1. The maximum Gasteiger partial charge on any atom is 0.448 e. The number of thiocarbonyl (C=S) groups is 1. The highest BCUT2D eigenvalue weighted by molar-refractivity contribution is 7.78. The van der Waals surface area contributed by atoms with Crippen molar-refractivity contribution in [1.29, 1.82) is 0 Å². The second-order valence-electron chi connectivity index (χ2n) is 3.05. The van der Waals surface area contributed by atoms with Crippen molar-refractivity contribution in [1.82, 2.24) is 0 Å². The number of hydrogen-bond acceptors (Lipinski definition) is 3. The van der Waals surface area contributed by atoms with E-state index in [0.29, 0.717) is 5.75 Å². The molecule has 0 aliphatic rings. The number of hydrogen-bond donors (Lipinski definition) is 0. The van der Waals surface area contributed by atoms with E-state index in [9.17, 15) is 4.79 Å². The highest BCUT2D eigenvalue weighted by atomic mass is 32.1. The number of ether oxygens (including phenoxy) is 1. The molecule has 2 aromatic carbocycles. The number of benzene rings is 2. The average molecular weight is 229 g/mol. The van der Waals surface area contributed by atoms with Gasteiger partial charge in [0.25, 0.3) is 0 Å². The molecule has 0 N–H and O–H groups in total. The summed E-state index contributed by atoms with van der Waals surface area (Å²) in [5.74, 6) is 0.470. The molecule has 0 saturated carbocycles. The number of isothiocyanates is 1. The molecule has 3 nitrogen and oxygen atoms in total. The molecule has 0 aromatic heterocycles. The van der Waals surface area contributed by atoms with E-state index < -0.39 is 6.09 Å². The first-order valence-corrected chi connectivity index (χ1v) is 4.99. The molecular formula is C12H7NO2S. The summed E-state index contributed by atoms with van der Waals surface area (Å²) in [5, 5.41) is 3.83. The summed E-state index contributed by atoms with van der Waals surface area (Å²) in [6.45, 7) is 0. The van der Waals surface area contributed by atoms with Crippen LogP contribution in [0, 0.1) is 0 Å². The first kappa shape index (κ1) is 10.5. The zero-order valence-electron chi connectivity index (χ0n) is 8.21. The second-order valence-corrected chi connectivity index (χ2v) is 3.23. The van der Waals surface area contributed by atoms with E-state index in [1.165, 1.54) is 0 Å². The van der Waals surface area contributed by atoms with Crippen LogP contribution in [0.4, 0.5) is 4.79 Å². The van der Waals surface area contributed by atoms with Crippen LogP contribution in [0.3, 0.4) is 0 Å². The lowest BCUT2D eigenvalue weighted by atomic mass is 10.1. The summed E-state index contributed by atoms with van der Waals surface area (Å²) in [7, 11) is 0. The number of amides is 1. The highest BCUT2D eigenvalue weighted by Gasteiger charge is 2.05. The second kappa shape index (κ2) is 4.66. The van der Waals surface area contributed by atoms with Crippen LogP contribution in [0.25, 0.3) is 10.8 Å². The van der Waals surface area contributed by atoms with Crippen LogP contribution >= 0.6 is 12.2 Å². The van der Waals surface area contributed by atoms with Crippen LogP contribution in [-0.4, -0.2) is 11.3 Å². The third-order valence-electron chi connectivity index (χ3n) is 2.08. The smallest absolute Gasteiger partial charge is 0.408 e. The quantitative estimate of drug-likeness (QED) is 0.555. The fourth-order valence-electron chi connectivity index (χ4n) is 1.44. The molecule has 0 aliphatic heterocycles. The van der Waals surface area contributed by atoms with Gasteiger partial charge < -0.3 is 4.74 Å². The van der Waals surface area contributed by atoms with Crippen LogP contribution in [0.5, 0.6) is 5.75 Å². The number of fused-ring (bicyclic) bond motifs is 1. The molecule has 1 amide bonds. The lowest BCUT2D eigenvalue weighted by molar-refractivity contribution is 0.212. The van der Waals surface area contributed by atoms with Crippen LogP contribution in [-0.2, 0) is 0 Å². The van der Waals surface area contributed by atoms with E-state index in [0.717, 1.165) is 10.8 Å². The Hall–Kier alpha value is -2.03. The molecular weight excluding hydrogens is 222 g/mol. The molecule has 2 rings (SSSR count). The van der Waals surface area contributed by atoms with Crippen molar-refractivity contribution >= 4 is 34.2 Å². The minimum Gasteiger partial charge on any atom is -0.408 e. The van der Waals surface area contributed by atoms with Gasteiger partial charge in [0.05, 0.1) is 5.16 Å². The fraction of sp³-hybridized carbons (Fsp3) is 0. The van der Waals surface area contributed by atoms with Gasteiger partial charge in [0.15, 0.2) is 0 Å². The minimum atomic E-state index is -0.758. The Labute approximate surface area is 97.4 Å². The Balaban J connectivity index is 2.44. The van der Waals surface area contributed by atoms with Crippen molar-refractivity contribution in [2.45, 2.75) is 0 Å². The molecule has 0 fully saturated rings. The van der Waals surface area contributed by atoms with E-state index in [4.69, 9.17) is 4.74 Å². The topological polar surface area (TPSA) is 38.7 Å². The summed E-state index contributed by atoms with van der Waals surface area (Å²) >= 11 is 4.32. The molecule has 0 bridgehead atoms. The number of aliphatic imine (C=N–C) groups is 1. The van der Waals surface area contributed by atoms with Crippen molar-refractivity contribution in [3.05, 3.63) is 42.5 Å². The molecule has 16 heavy (non-hydrogen) atoms. The Kier molecular flexibility index (Phi) is 3.05. The predicted octanol–water partition coefficient (Wildman–Crippen LogP) is 3.44. The standard InChI is InChI=1S/C12H7NO2S/c14-12(13-8-16)15-11-7-3-5-9-4-1-2-6-10(9)11/h1-7H. The van der Waals surface area contributed by atoms with Gasteiger partial charge in [0, 0.05) is 5.39 Å². The summed E-state index contributed by atoms with van der Waals surface area (Å²) in [6.07, 6.45) is -0.758. The van der Waals surface area contributed by atoms with E-state index in [-0.39, 0.29) is 0 Å². The molecule has 2 aromatic rings. The van der Waals surface area contributed by atoms with E-state index in [1.807, 2.05) is 41.6 Å². The van der Waals surface area contributed by atoms with E-state index in [1.54, 1.807) is 6.07 Å². The van der Waals surface area contributed by atoms with Gasteiger partial charge in [-0.25, -0.2) is 4.79 Å². The maximum atomic E-state index is 11.1. The van der Waals surface area contributed by atoms with Crippen LogP contribution in [0.2, 0.25) is 0 Å². The molecule has 0 atom stereocenters. The molecule has 0 heterocycles. The van der Waals surface area contributed by atoms with Crippen LogP contribution in [0.1, 0.15) is 0 Å². The first-order chi connectivity index (χ1) is 7.81. The van der Waals surface area contributed by atoms with Gasteiger partial charge in [0.1, 0.15) is 5.75 Å². The van der Waals surface area contributed by atoms with Gasteiger partial charge in [0.2, 0.25) is 0 Å². The van der Waals surface area contributed by atoms with Gasteiger partial charge in [-0.05, 0) is 23.7 Å². The van der Waals surface area contributed by atoms with Gasteiger partial charge >= 0.3 is 6.09 Å². The minimum absolute atomic E-state index is 0.470. The third kappa shape index (κ3) is 2.14. The zero-order chi connectivity index (χ0) is 11.4. The number of rotatable bonds is 1. The zero-order valence-corrected chi connectivity index (χ0v) is 9.03. The summed E-state index contributed by atoms with van der Waals surface area (Å²) in [6, 6.07) is 13.1. The Bertz CT molecular complexity index is 583. The average Bonchev–Trinajstić information content (AvgIpc) is 2.30. The molecule has 0 saturated heterocycles. The fourth-order valence-corrected chi connectivity index (χ4v) is 1.51. The van der Waals surface area contributed by atoms with Gasteiger partial charge in [-0.1, -0.05) is 36.4 Å². The largest absolute Gasteiger partial charge is 0.448 e. The monoisotopic (exact) mass is 229 g/mol. The summed E-state index contributed by atoms with van der Waals surface area (Å²) in [5.41, 5.74) is 0. The van der Waals surface area contributed by atoms with Crippen molar-refractivity contribution in [3.63, 3.8) is 0 Å². The first-order valence-electron chi connectivity index (χ1n) is 4.59. The lowest BCUT2D eigenvalue weighted by Crippen LogP contribution is -2.01. The maximum absolute atomic E-state index is 11.1. The molecule has 0 spiro atoms. The Morgan fingerprint density at radius 2 is 1.94 bits per heavy atom. The summed E-state index contributed by atoms with van der Waals surface area (Å²) < 4.78 is 5.03. The van der Waals surface area contributed by atoms with E-state index >= 15 is 0 Å². The van der Waals surface area contributed by atoms with Crippen LogP contribution < -0.4 is 4.74 Å². The SMILES string of the molecule is O=C(N=C=S)Oc1cccc2ccccc12. The normalized spacial score (nSPS) is 9.50. The highest BCUT2D eigenvalue weighted by Crippen LogP contribution is 2.25. The van der Waals surface area contributed by atoms with Gasteiger partial charge in [-0.3, -0.25) is 0 Å². The molecule has 0 unspecified atom stereocenters. The number of carbonyl (C=O) groups is 1. The Morgan fingerprint density at radius 1 is 1.19 bits per heavy atom. The summed E-state index contributed by atoms with van der Waals surface area (Å²) in [4.78, 5) is 14.4. The van der Waals surface area contributed by atoms with Crippen LogP contribution in [0.15, 0.2) is 47.5 Å². The molecule has 0 radical (unpaired) electrons. The number of nitrogens with zero attached hydrogens (tertiary/aromatic N) is 1. The van der Waals surface area contributed by atoms with E-state index in [2.05, 4.69) is 17.2 Å². The van der Waals surface area contributed by atoms with Crippen molar-refractivity contribution in [2.24, 2.45) is 4.99 Å². The third-order valence-corrected chi connectivity index (χ3v) is 2.18. The molecule has 4 heteroatoms. The van der Waals surface area contributed by atoms with Crippen molar-refractivity contribution in [3.8, 4) is 5.75 Å². The Morgan fingerprint density at radius 3 is 2.75 bits per heavy atom. The molecule has 78 valence electrons. The predicted molar refractivity (Wildman–Crippen MR) is 65.0 cm³/mol. The van der Waals surface area contributed by atoms with Crippen molar-refractivity contribution < 1.29 is 9.53 Å².